The van der Waals surface area contributed by atoms with Crippen LogP contribution in [0.25, 0.3) is 22.2 Å². The van der Waals surface area contributed by atoms with Crippen LogP contribution < -0.4 is 5.32 Å². The Bertz CT molecular complexity index is 1180. The SMILES string of the molecule is Cc1ccc(NC(=O)c2cc(-c3ccccc3)nc3ccc(C)cc23)c(C)c1. The van der Waals surface area contributed by atoms with Crippen LogP contribution in [0.4, 0.5) is 5.69 Å². The number of pyridine rings is 1. The number of rotatable bonds is 3. The Labute approximate surface area is 165 Å². The van der Waals surface area contributed by atoms with Crippen LogP contribution in [-0.4, -0.2) is 10.9 Å². The molecule has 0 radical (unpaired) electrons. The second kappa shape index (κ2) is 7.28. The summed E-state index contributed by atoms with van der Waals surface area (Å²) in [5, 5.41) is 3.94. The average Bonchev–Trinajstić information content (AvgIpc) is 2.70. The number of hydrogen-bond acceptors (Lipinski definition) is 2. The molecule has 0 spiro atoms. The maximum atomic E-state index is 13.2. The Kier molecular flexibility index (Phi) is 4.66. The van der Waals surface area contributed by atoms with Gasteiger partial charge in [-0.25, -0.2) is 4.98 Å². The molecule has 3 heteroatoms. The van der Waals surface area contributed by atoms with E-state index in [0.717, 1.165) is 39.0 Å². The standard InChI is InChI=1S/C25H22N2O/c1-16-9-11-22(18(3)13-16)27-25(28)21-15-24(19-7-5-4-6-8-19)26-23-12-10-17(2)14-20(21)23/h4-15H,1-3H3,(H,27,28). The molecule has 1 N–H and O–H groups in total. The van der Waals surface area contributed by atoms with Crippen LogP contribution in [0.5, 0.6) is 0 Å². The molecule has 0 fully saturated rings. The number of carbonyl (C=O) groups is 1. The van der Waals surface area contributed by atoms with Gasteiger partial charge in [-0.1, -0.05) is 59.7 Å². The molecule has 4 aromatic rings. The molecule has 3 nitrogen and oxygen atoms in total. The lowest BCUT2D eigenvalue weighted by Crippen LogP contribution is -2.14. The smallest absolute Gasteiger partial charge is 0.256 e. The predicted molar refractivity (Wildman–Crippen MR) is 116 cm³/mol. The van der Waals surface area contributed by atoms with Crippen LogP contribution in [-0.2, 0) is 0 Å². The van der Waals surface area contributed by atoms with Gasteiger partial charge in [-0.05, 0) is 50.6 Å². The zero-order valence-corrected chi connectivity index (χ0v) is 16.3. The molecule has 0 aliphatic heterocycles. The molecular formula is C25H22N2O. The van der Waals surface area contributed by atoms with Crippen molar-refractivity contribution in [3.63, 3.8) is 0 Å². The Morgan fingerprint density at radius 3 is 2.29 bits per heavy atom. The minimum Gasteiger partial charge on any atom is -0.322 e. The van der Waals surface area contributed by atoms with Crippen LogP contribution in [0, 0.1) is 20.8 Å². The summed E-state index contributed by atoms with van der Waals surface area (Å²) in [6.07, 6.45) is 0. The summed E-state index contributed by atoms with van der Waals surface area (Å²) >= 11 is 0. The largest absolute Gasteiger partial charge is 0.322 e. The maximum Gasteiger partial charge on any atom is 0.256 e. The number of aryl methyl sites for hydroxylation is 3. The van der Waals surface area contributed by atoms with Gasteiger partial charge in [0, 0.05) is 16.6 Å². The summed E-state index contributed by atoms with van der Waals surface area (Å²) in [7, 11) is 0. The molecule has 0 aliphatic rings. The highest BCUT2D eigenvalue weighted by Gasteiger charge is 2.15. The first-order valence-corrected chi connectivity index (χ1v) is 9.37. The Hall–Kier alpha value is -3.46. The number of carbonyl (C=O) groups excluding carboxylic acids is 1. The predicted octanol–water partition coefficient (Wildman–Crippen LogP) is 6.08. The first kappa shape index (κ1) is 17.9. The highest BCUT2D eigenvalue weighted by molar-refractivity contribution is 6.13. The third kappa shape index (κ3) is 3.52. The lowest BCUT2D eigenvalue weighted by atomic mass is 10.0. The minimum atomic E-state index is -0.123. The van der Waals surface area contributed by atoms with Gasteiger partial charge in [0.25, 0.3) is 5.91 Å². The van der Waals surface area contributed by atoms with Crippen molar-refractivity contribution >= 4 is 22.5 Å². The third-order valence-electron chi connectivity index (χ3n) is 4.91. The number of amides is 1. The summed E-state index contributed by atoms with van der Waals surface area (Å²) in [5.41, 5.74) is 7.38. The average molecular weight is 366 g/mol. The monoisotopic (exact) mass is 366 g/mol. The van der Waals surface area contributed by atoms with E-state index in [-0.39, 0.29) is 5.91 Å². The molecule has 1 amide bonds. The first-order valence-electron chi connectivity index (χ1n) is 9.37. The highest BCUT2D eigenvalue weighted by Crippen LogP contribution is 2.27. The molecule has 3 aromatic carbocycles. The normalized spacial score (nSPS) is 10.8. The molecule has 138 valence electrons. The molecule has 28 heavy (non-hydrogen) atoms. The van der Waals surface area contributed by atoms with Gasteiger partial charge in [-0.2, -0.15) is 0 Å². The summed E-state index contributed by atoms with van der Waals surface area (Å²) < 4.78 is 0. The molecule has 0 aliphatic carbocycles. The zero-order valence-electron chi connectivity index (χ0n) is 16.3. The number of nitrogens with one attached hydrogen (secondary N) is 1. The van der Waals surface area contributed by atoms with E-state index in [1.165, 1.54) is 5.56 Å². The molecular weight excluding hydrogens is 344 g/mol. The van der Waals surface area contributed by atoms with Crippen molar-refractivity contribution in [2.45, 2.75) is 20.8 Å². The maximum absolute atomic E-state index is 13.2. The van der Waals surface area contributed by atoms with Gasteiger partial charge >= 0.3 is 0 Å². The summed E-state index contributed by atoms with van der Waals surface area (Å²) in [6, 6.07) is 23.9. The Morgan fingerprint density at radius 1 is 0.821 bits per heavy atom. The van der Waals surface area contributed by atoms with Crippen molar-refractivity contribution in [2.24, 2.45) is 0 Å². The highest BCUT2D eigenvalue weighted by atomic mass is 16.1. The number of benzene rings is 3. The van der Waals surface area contributed by atoms with Crippen molar-refractivity contribution in [2.75, 3.05) is 5.32 Å². The fourth-order valence-corrected chi connectivity index (χ4v) is 3.43. The van der Waals surface area contributed by atoms with Crippen LogP contribution in [0.1, 0.15) is 27.0 Å². The van der Waals surface area contributed by atoms with E-state index >= 15 is 0 Å². The summed E-state index contributed by atoms with van der Waals surface area (Å²) in [4.78, 5) is 18.0. The van der Waals surface area contributed by atoms with Crippen molar-refractivity contribution in [3.05, 3.63) is 95.1 Å². The number of nitrogens with zero attached hydrogens (tertiary/aromatic N) is 1. The first-order chi connectivity index (χ1) is 13.5. The topological polar surface area (TPSA) is 42.0 Å². The van der Waals surface area contributed by atoms with Crippen molar-refractivity contribution in [3.8, 4) is 11.3 Å². The lowest BCUT2D eigenvalue weighted by molar-refractivity contribution is 0.102. The second-order valence-electron chi connectivity index (χ2n) is 7.21. The van der Waals surface area contributed by atoms with Crippen molar-refractivity contribution in [1.29, 1.82) is 0 Å². The molecule has 0 unspecified atom stereocenters. The Morgan fingerprint density at radius 2 is 1.54 bits per heavy atom. The third-order valence-corrected chi connectivity index (χ3v) is 4.91. The van der Waals surface area contributed by atoms with Gasteiger partial charge in [0.1, 0.15) is 0 Å². The van der Waals surface area contributed by atoms with E-state index in [4.69, 9.17) is 4.98 Å². The van der Waals surface area contributed by atoms with Crippen LogP contribution in [0.2, 0.25) is 0 Å². The molecule has 1 aromatic heterocycles. The van der Waals surface area contributed by atoms with Crippen molar-refractivity contribution < 1.29 is 4.79 Å². The fourth-order valence-electron chi connectivity index (χ4n) is 3.43. The van der Waals surface area contributed by atoms with E-state index in [1.807, 2.05) is 87.5 Å². The number of aromatic nitrogens is 1. The second-order valence-corrected chi connectivity index (χ2v) is 7.21. The molecule has 0 saturated carbocycles. The molecule has 4 rings (SSSR count). The van der Waals surface area contributed by atoms with Gasteiger partial charge in [0.15, 0.2) is 0 Å². The van der Waals surface area contributed by atoms with Gasteiger partial charge in [0.05, 0.1) is 16.8 Å². The Balaban J connectivity index is 1.84. The minimum absolute atomic E-state index is 0.123. The van der Waals surface area contributed by atoms with E-state index in [0.29, 0.717) is 5.56 Å². The lowest BCUT2D eigenvalue weighted by Gasteiger charge is -2.13. The summed E-state index contributed by atoms with van der Waals surface area (Å²) in [5.74, 6) is -0.123. The van der Waals surface area contributed by atoms with Gasteiger partial charge in [-0.3, -0.25) is 4.79 Å². The molecule has 0 bridgehead atoms. The van der Waals surface area contributed by atoms with Crippen LogP contribution >= 0.6 is 0 Å². The fraction of sp³-hybridized carbons (Fsp3) is 0.120. The number of fused-ring (bicyclic) bond motifs is 1. The van der Waals surface area contributed by atoms with Gasteiger partial charge in [-0.15, -0.1) is 0 Å². The van der Waals surface area contributed by atoms with Crippen LogP contribution in [0.3, 0.4) is 0 Å². The van der Waals surface area contributed by atoms with Crippen molar-refractivity contribution in [1.82, 2.24) is 4.98 Å². The van der Waals surface area contributed by atoms with Gasteiger partial charge in [0.2, 0.25) is 0 Å². The quantitative estimate of drug-likeness (QED) is 0.477. The molecule has 0 atom stereocenters. The zero-order chi connectivity index (χ0) is 19.7. The van der Waals surface area contributed by atoms with E-state index in [1.54, 1.807) is 0 Å². The summed E-state index contributed by atoms with van der Waals surface area (Å²) in [6.45, 7) is 6.08. The van der Waals surface area contributed by atoms with E-state index in [9.17, 15) is 4.79 Å². The van der Waals surface area contributed by atoms with E-state index < -0.39 is 0 Å². The van der Waals surface area contributed by atoms with Crippen LogP contribution in [0.15, 0.2) is 72.8 Å². The number of hydrogen-bond donors (Lipinski definition) is 1. The van der Waals surface area contributed by atoms with E-state index in [2.05, 4.69) is 11.4 Å². The molecule has 1 heterocycles. The number of anilines is 1. The molecule has 0 saturated heterocycles. The van der Waals surface area contributed by atoms with Gasteiger partial charge < -0.3 is 5.32 Å².